The average Bonchev–Trinajstić information content (AvgIpc) is 3.27. The van der Waals surface area contributed by atoms with Crippen LogP contribution in [-0.4, -0.2) is 37.0 Å². The molecule has 5 aromatic rings. The van der Waals surface area contributed by atoms with Gasteiger partial charge in [0.05, 0.1) is 17.7 Å². The first kappa shape index (κ1) is 34.0. The number of aromatic nitrogens is 3. The zero-order chi connectivity index (χ0) is 33.9. The third kappa shape index (κ3) is 8.17. The maximum absolute atomic E-state index is 12.4. The highest BCUT2D eigenvalue weighted by atomic mass is 32.2. The average molecular weight is 652 g/mol. The lowest BCUT2D eigenvalue weighted by Crippen LogP contribution is -2.28. The fourth-order valence-electron chi connectivity index (χ4n) is 5.41. The van der Waals surface area contributed by atoms with Crippen molar-refractivity contribution >= 4 is 28.6 Å². The van der Waals surface area contributed by atoms with Crippen LogP contribution >= 0.6 is 11.8 Å². The molecule has 0 unspecified atom stereocenters. The maximum Gasteiger partial charge on any atom is 0.309 e. The normalized spacial score (nSPS) is 12.0. The molecule has 1 N–H and O–H groups in total. The first-order valence-electron chi connectivity index (χ1n) is 16.1. The highest BCUT2D eigenvalue weighted by Crippen LogP contribution is 2.44. The molecule has 0 aliphatic rings. The van der Waals surface area contributed by atoms with E-state index in [2.05, 4.69) is 84.7 Å². The van der Waals surface area contributed by atoms with Crippen molar-refractivity contribution in [2.45, 2.75) is 84.6 Å². The van der Waals surface area contributed by atoms with Gasteiger partial charge in [-0.3, -0.25) is 9.78 Å². The summed E-state index contributed by atoms with van der Waals surface area (Å²) in [5, 5.41) is 11.2. The monoisotopic (exact) mass is 651 g/mol. The van der Waals surface area contributed by atoms with E-state index in [1.807, 2.05) is 44.3 Å². The largest absolute Gasteiger partial charge is 0.487 e. The van der Waals surface area contributed by atoms with Gasteiger partial charge < -0.3 is 19.1 Å². The van der Waals surface area contributed by atoms with Crippen molar-refractivity contribution in [1.29, 1.82) is 0 Å². The predicted octanol–water partition coefficient (Wildman–Crippen LogP) is 9.29. The molecular formula is C39H45N3O4S. The number of aliphatic carboxylic acids is 1. The van der Waals surface area contributed by atoms with Crippen molar-refractivity contribution < 1.29 is 19.4 Å². The molecule has 0 spiro atoms. The number of aryl methyl sites for hydroxylation is 2. The van der Waals surface area contributed by atoms with Gasteiger partial charge in [0, 0.05) is 62.7 Å². The Balaban J connectivity index is 1.55. The zero-order valence-electron chi connectivity index (χ0n) is 28.7. The second kappa shape index (κ2) is 13.8. The van der Waals surface area contributed by atoms with Crippen LogP contribution in [0.4, 0.5) is 0 Å². The van der Waals surface area contributed by atoms with Crippen molar-refractivity contribution in [3.8, 4) is 22.8 Å². The summed E-state index contributed by atoms with van der Waals surface area (Å²) < 4.78 is 14.0. The Morgan fingerprint density at radius 3 is 2.26 bits per heavy atom. The number of carboxylic acids is 1. The van der Waals surface area contributed by atoms with E-state index >= 15 is 0 Å². The smallest absolute Gasteiger partial charge is 0.309 e. The molecule has 3 heterocycles. The Labute approximate surface area is 282 Å². The lowest BCUT2D eigenvalue weighted by Gasteiger charge is -2.24. The number of benzene rings is 2. The summed E-state index contributed by atoms with van der Waals surface area (Å²) in [4.78, 5) is 22.6. The Morgan fingerprint density at radius 1 is 0.915 bits per heavy atom. The number of carboxylic acid groups (broad SMARTS) is 1. The summed E-state index contributed by atoms with van der Waals surface area (Å²) in [6, 6.07) is 22.7. The second-order valence-corrected chi connectivity index (χ2v) is 15.5. The maximum atomic E-state index is 12.4. The highest BCUT2D eigenvalue weighted by Gasteiger charge is 2.33. The molecule has 0 fully saturated rings. The van der Waals surface area contributed by atoms with Gasteiger partial charge in [0.2, 0.25) is 5.88 Å². The van der Waals surface area contributed by atoms with Crippen LogP contribution in [0.5, 0.6) is 11.6 Å². The molecular weight excluding hydrogens is 607 g/mol. The molecule has 0 aliphatic carbocycles. The molecule has 0 amide bonds. The van der Waals surface area contributed by atoms with Gasteiger partial charge in [-0.1, -0.05) is 51.1 Å². The van der Waals surface area contributed by atoms with Crippen LogP contribution < -0.4 is 9.47 Å². The SMILES string of the molecule is CCOc1ccc(-c2ccc(Cn3c(CC(C)(C)C(=O)O)c(SC(C)(C)C)c4cc(OCc5ccc(C)c(C)n5)ccc43)cc2)cn1. The molecule has 7 nitrogen and oxygen atoms in total. The van der Waals surface area contributed by atoms with Gasteiger partial charge in [0.15, 0.2) is 0 Å². The van der Waals surface area contributed by atoms with Gasteiger partial charge >= 0.3 is 5.97 Å². The number of thioether (sulfide) groups is 1. The molecule has 0 aliphatic heterocycles. The van der Waals surface area contributed by atoms with Gasteiger partial charge in [-0.05, 0) is 81.6 Å². The lowest BCUT2D eigenvalue weighted by atomic mass is 9.88. The summed E-state index contributed by atoms with van der Waals surface area (Å²) in [7, 11) is 0. The highest BCUT2D eigenvalue weighted by molar-refractivity contribution is 8.00. The van der Waals surface area contributed by atoms with E-state index in [1.54, 1.807) is 25.6 Å². The molecule has 0 atom stereocenters. The molecule has 3 aromatic heterocycles. The van der Waals surface area contributed by atoms with Crippen LogP contribution in [0.25, 0.3) is 22.0 Å². The molecule has 5 rings (SSSR count). The molecule has 0 bridgehead atoms. The van der Waals surface area contributed by atoms with E-state index < -0.39 is 11.4 Å². The Morgan fingerprint density at radius 2 is 1.64 bits per heavy atom. The fraction of sp³-hybridized carbons (Fsp3) is 0.359. The number of fused-ring (bicyclic) bond motifs is 1. The number of carbonyl (C=O) groups is 1. The molecule has 0 saturated heterocycles. The van der Waals surface area contributed by atoms with E-state index in [9.17, 15) is 9.90 Å². The minimum atomic E-state index is -0.960. The zero-order valence-corrected chi connectivity index (χ0v) is 29.5. The van der Waals surface area contributed by atoms with Crippen molar-refractivity contribution in [2.75, 3.05) is 6.61 Å². The van der Waals surface area contributed by atoms with Crippen molar-refractivity contribution in [1.82, 2.24) is 14.5 Å². The van der Waals surface area contributed by atoms with Crippen LogP contribution in [-0.2, 0) is 24.4 Å². The standard InChI is InChI=1S/C39H45N3O4S/c1-9-45-35-19-15-29(22-40-35)28-13-11-27(12-14-28)23-42-33-18-17-31(46-24-30-16-10-25(2)26(3)41-30)20-32(33)36(47-38(4,5)6)34(42)21-39(7,8)37(43)44/h10-20,22H,9,21,23-24H2,1-8H3,(H,43,44). The second-order valence-electron chi connectivity index (χ2n) is 13.6. The summed E-state index contributed by atoms with van der Waals surface area (Å²) in [5.74, 6) is 0.547. The minimum Gasteiger partial charge on any atom is -0.487 e. The molecule has 246 valence electrons. The number of pyridine rings is 2. The van der Waals surface area contributed by atoms with E-state index in [0.29, 0.717) is 32.1 Å². The van der Waals surface area contributed by atoms with Crippen molar-refractivity contribution in [2.24, 2.45) is 5.41 Å². The van der Waals surface area contributed by atoms with Gasteiger partial charge in [-0.2, -0.15) is 0 Å². The predicted molar refractivity (Wildman–Crippen MR) is 191 cm³/mol. The molecule has 47 heavy (non-hydrogen) atoms. The van der Waals surface area contributed by atoms with Crippen LogP contribution in [0.2, 0.25) is 0 Å². The number of nitrogens with zero attached hydrogens (tertiary/aromatic N) is 3. The number of hydrogen-bond donors (Lipinski definition) is 1. The van der Waals surface area contributed by atoms with Gasteiger partial charge in [0.1, 0.15) is 12.4 Å². The van der Waals surface area contributed by atoms with Crippen LogP contribution in [0.3, 0.4) is 0 Å². The third-order valence-electron chi connectivity index (χ3n) is 8.14. The fourth-order valence-corrected chi connectivity index (χ4v) is 6.59. The van der Waals surface area contributed by atoms with Gasteiger partial charge in [-0.25, -0.2) is 4.98 Å². The molecule has 2 aromatic carbocycles. The first-order chi connectivity index (χ1) is 22.2. The number of ether oxygens (including phenoxy) is 2. The first-order valence-corrected chi connectivity index (χ1v) is 16.9. The topological polar surface area (TPSA) is 86.5 Å². The van der Waals surface area contributed by atoms with E-state index in [4.69, 9.17) is 9.47 Å². The summed E-state index contributed by atoms with van der Waals surface area (Å²) in [5.41, 5.74) is 7.33. The van der Waals surface area contributed by atoms with Gasteiger partial charge in [0.25, 0.3) is 0 Å². The van der Waals surface area contributed by atoms with Crippen LogP contribution in [0, 0.1) is 19.3 Å². The lowest BCUT2D eigenvalue weighted by molar-refractivity contribution is -0.146. The summed E-state index contributed by atoms with van der Waals surface area (Å²) >= 11 is 1.77. The molecule has 0 saturated carbocycles. The Kier molecular flexibility index (Phi) is 10.0. The Hall–Kier alpha value is -4.30. The van der Waals surface area contributed by atoms with Crippen molar-refractivity contribution in [3.05, 3.63) is 101 Å². The van der Waals surface area contributed by atoms with E-state index in [1.165, 1.54) is 0 Å². The quantitative estimate of drug-likeness (QED) is 0.135. The van der Waals surface area contributed by atoms with Crippen LogP contribution in [0.15, 0.2) is 77.8 Å². The van der Waals surface area contributed by atoms with Crippen molar-refractivity contribution in [3.63, 3.8) is 0 Å². The van der Waals surface area contributed by atoms with Gasteiger partial charge in [-0.15, -0.1) is 11.8 Å². The third-order valence-corrected chi connectivity index (χ3v) is 9.41. The number of hydrogen-bond acceptors (Lipinski definition) is 6. The van der Waals surface area contributed by atoms with E-state index in [-0.39, 0.29) is 4.75 Å². The minimum absolute atomic E-state index is 0.102. The molecule has 0 radical (unpaired) electrons. The number of rotatable bonds is 12. The van der Waals surface area contributed by atoms with Crippen LogP contribution in [0.1, 0.15) is 69.8 Å². The summed E-state index contributed by atoms with van der Waals surface area (Å²) in [6.45, 7) is 17.7. The molecule has 8 heteroatoms. The summed E-state index contributed by atoms with van der Waals surface area (Å²) in [6.07, 6.45) is 2.21. The Bertz CT molecular complexity index is 1870. The van der Waals surface area contributed by atoms with E-state index in [0.717, 1.165) is 60.9 Å².